The first kappa shape index (κ1) is 35.9. The van der Waals surface area contributed by atoms with Crippen LogP contribution in [0.2, 0.25) is 0 Å². The van der Waals surface area contributed by atoms with Crippen molar-refractivity contribution < 1.29 is 14.7 Å². The quantitative estimate of drug-likeness (QED) is 0.195. The van der Waals surface area contributed by atoms with E-state index in [4.69, 9.17) is 0 Å². The van der Waals surface area contributed by atoms with Gasteiger partial charge >= 0.3 is 0 Å². The topological polar surface area (TPSA) is 54.4 Å². The maximum absolute atomic E-state index is 12.9. The number of aliphatic hydroxyl groups excluding tert-OH is 1. The van der Waals surface area contributed by atoms with Crippen LogP contribution in [0.15, 0.2) is 119 Å². The third-order valence-corrected chi connectivity index (χ3v) is 8.98. The van der Waals surface area contributed by atoms with Gasteiger partial charge in [0, 0.05) is 18.3 Å². The summed E-state index contributed by atoms with van der Waals surface area (Å²) in [5.74, 6) is 0.195. The molecule has 2 aliphatic carbocycles. The van der Waals surface area contributed by atoms with Crippen molar-refractivity contribution in [2.75, 3.05) is 0 Å². The Bertz CT molecular complexity index is 1360. The molecule has 0 aromatic heterocycles. The highest BCUT2D eigenvalue weighted by atomic mass is 16.3. The summed E-state index contributed by atoms with van der Waals surface area (Å²) in [7, 11) is 0. The minimum absolute atomic E-state index is 0.00746. The zero-order chi connectivity index (χ0) is 32.4. The highest BCUT2D eigenvalue weighted by molar-refractivity contribution is 6.01. The first-order valence-corrected chi connectivity index (χ1v) is 15.5. The Hall–Kier alpha value is -3.30. The highest BCUT2D eigenvalue weighted by Crippen LogP contribution is 2.51. The summed E-state index contributed by atoms with van der Waals surface area (Å²) in [5, 5.41) is 10.1. The molecule has 3 nitrogen and oxygen atoms in total. The first-order chi connectivity index (χ1) is 20.0. The number of hydrogen-bond acceptors (Lipinski definition) is 3. The molecular formula is C40H54O3. The number of aliphatic hydroxyl groups is 1. The largest absolute Gasteiger partial charge is 0.393 e. The van der Waals surface area contributed by atoms with E-state index in [9.17, 15) is 14.7 Å². The van der Waals surface area contributed by atoms with Crippen molar-refractivity contribution >= 4 is 11.6 Å². The van der Waals surface area contributed by atoms with Crippen molar-refractivity contribution in [1.82, 2.24) is 0 Å². The molecule has 1 fully saturated rings. The van der Waals surface area contributed by atoms with Crippen molar-refractivity contribution in [2.24, 2.45) is 16.2 Å². The molecular weight excluding hydrogens is 528 g/mol. The summed E-state index contributed by atoms with van der Waals surface area (Å²) < 4.78 is 0. The standard InChI is InChI=1S/C40H54O3/c1-29(17-13-19-31(3)21-23-36-33(5)25-34(41)26-38(36,6)7)15-11-12-16-30(2)18-14-20-32(4)22-24-37(43)40(10)28-35(42)27-39(40,8)9/h11-24,34,41H,25-28H2,1-10H3/b12-11+,17-13+,18-14+,23-21+,24-22+,29-15+,30-16+,31-19-,32-20-. The fraction of sp³-hybridized carbons (Fsp3) is 0.450. The van der Waals surface area contributed by atoms with Gasteiger partial charge in [-0.1, -0.05) is 141 Å². The Kier molecular flexibility index (Phi) is 12.9. The van der Waals surface area contributed by atoms with Crippen LogP contribution in [-0.2, 0) is 9.59 Å². The Morgan fingerprint density at radius 2 is 1.21 bits per heavy atom. The molecule has 1 saturated carbocycles. The maximum atomic E-state index is 12.9. The van der Waals surface area contributed by atoms with Crippen LogP contribution in [0.25, 0.3) is 0 Å². The minimum Gasteiger partial charge on any atom is -0.393 e. The minimum atomic E-state index is -0.631. The molecule has 0 radical (unpaired) electrons. The van der Waals surface area contributed by atoms with Crippen LogP contribution in [0.1, 0.15) is 94.9 Å². The SMILES string of the molecule is CC1=C(/C=C/C(C)=C\C=C\C(C)=C\C=C\C=C(C)\C=C\C=C(C)/C=C/C(=O)C2(C)CC(=O)CC2(C)C)C(C)(C)CC(O)C1. The van der Waals surface area contributed by atoms with E-state index in [1.165, 1.54) is 16.7 Å². The average Bonchev–Trinajstić information content (AvgIpc) is 3.10. The zero-order valence-corrected chi connectivity index (χ0v) is 28.3. The van der Waals surface area contributed by atoms with E-state index in [1.807, 2.05) is 64.2 Å². The van der Waals surface area contributed by atoms with Gasteiger partial charge < -0.3 is 5.11 Å². The Labute approximate surface area is 261 Å². The van der Waals surface area contributed by atoms with Crippen LogP contribution < -0.4 is 0 Å². The normalized spacial score (nSPS) is 26.0. The third kappa shape index (κ3) is 10.7. The van der Waals surface area contributed by atoms with Crippen molar-refractivity contribution in [3.05, 3.63) is 119 Å². The Morgan fingerprint density at radius 3 is 1.70 bits per heavy atom. The number of hydrogen-bond donors (Lipinski definition) is 1. The van der Waals surface area contributed by atoms with Crippen molar-refractivity contribution in [3.8, 4) is 0 Å². The van der Waals surface area contributed by atoms with E-state index in [2.05, 4.69) is 84.1 Å². The van der Waals surface area contributed by atoms with Gasteiger partial charge in [0.15, 0.2) is 5.78 Å². The second-order valence-electron chi connectivity index (χ2n) is 14.0. The lowest BCUT2D eigenvalue weighted by atomic mass is 9.66. The van der Waals surface area contributed by atoms with Crippen molar-refractivity contribution in [3.63, 3.8) is 0 Å². The van der Waals surface area contributed by atoms with Crippen LogP contribution in [0.5, 0.6) is 0 Å². The number of ketones is 2. The van der Waals surface area contributed by atoms with Crippen LogP contribution in [0.4, 0.5) is 0 Å². The van der Waals surface area contributed by atoms with Crippen molar-refractivity contribution in [2.45, 2.75) is 101 Å². The highest BCUT2D eigenvalue weighted by Gasteiger charge is 2.52. The summed E-state index contributed by atoms with van der Waals surface area (Å²) in [6.07, 6.45) is 30.5. The van der Waals surface area contributed by atoms with E-state index in [0.29, 0.717) is 12.8 Å². The Morgan fingerprint density at radius 1 is 0.721 bits per heavy atom. The summed E-state index contributed by atoms with van der Waals surface area (Å²) in [6, 6.07) is 0. The second kappa shape index (κ2) is 15.4. The van der Waals surface area contributed by atoms with Gasteiger partial charge in [0.2, 0.25) is 0 Å². The fourth-order valence-electron chi connectivity index (χ4n) is 5.93. The van der Waals surface area contributed by atoms with Gasteiger partial charge in [0.25, 0.3) is 0 Å². The molecule has 0 spiro atoms. The lowest BCUT2D eigenvalue weighted by Gasteiger charge is -2.35. The van der Waals surface area contributed by atoms with Gasteiger partial charge in [0.05, 0.1) is 6.10 Å². The summed E-state index contributed by atoms with van der Waals surface area (Å²) in [4.78, 5) is 24.9. The monoisotopic (exact) mass is 582 g/mol. The third-order valence-electron chi connectivity index (χ3n) is 8.98. The van der Waals surface area contributed by atoms with Crippen LogP contribution >= 0.6 is 0 Å². The lowest BCUT2D eigenvalue weighted by Crippen LogP contribution is -2.36. The molecule has 43 heavy (non-hydrogen) atoms. The molecule has 232 valence electrons. The van der Waals surface area contributed by atoms with Gasteiger partial charge in [-0.3, -0.25) is 9.59 Å². The van der Waals surface area contributed by atoms with E-state index < -0.39 is 5.41 Å². The van der Waals surface area contributed by atoms with E-state index in [-0.39, 0.29) is 28.5 Å². The molecule has 2 atom stereocenters. The number of rotatable bonds is 11. The molecule has 2 aliphatic rings. The first-order valence-electron chi connectivity index (χ1n) is 15.5. The second-order valence-corrected chi connectivity index (χ2v) is 14.0. The molecule has 0 heterocycles. The average molecular weight is 583 g/mol. The van der Waals surface area contributed by atoms with Gasteiger partial charge in [0.1, 0.15) is 5.78 Å². The van der Waals surface area contributed by atoms with Crippen LogP contribution in [0.3, 0.4) is 0 Å². The van der Waals surface area contributed by atoms with E-state index in [1.54, 1.807) is 6.08 Å². The number of carbonyl (C=O) groups is 2. The van der Waals surface area contributed by atoms with E-state index in [0.717, 1.165) is 29.6 Å². The summed E-state index contributed by atoms with van der Waals surface area (Å²) >= 11 is 0. The maximum Gasteiger partial charge on any atom is 0.162 e. The fourth-order valence-corrected chi connectivity index (χ4v) is 5.93. The van der Waals surface area contributed by atoms with E-state index >= 15 is 0 Å². The van der Waals surface area contributed by atoms with Gasteiger partial charge in [-0.25, -0.2) is 0 Å². The molecule has 1 N–H and O–H groups in total. The molecule has 2 unspecified atom stereocenters. The summed E-state index contributed by atoms with van der Waals surface area (Å²) in [5.41, 5.74) is 6.10. The Balaban J connectivity index is 1.89. The molecule has 0 aromatic carbocycles. The predicted molar refractivity (Wildman–Crippen MR) is 184 cm³/mol. The zero-order valence-electron chi connectivity index (χ0n) is 28.3. The number of Topliss-reactive ketones (excluding diaryl/α,β-unsaturated/α-hetero) is 1. The molecule has 0 amide bonds. The van der Waals surface area contributed by atoms with Crippen LogP contribution in [-0.4, -0.2) is 22.8 Å². The lowest BCUT2D eigenvalue weighted by molar-refractivity contribution is -0.128. The molecule has 0 aromatic rings. The molecule has 0 bridgehead atoms. The smallest absolute Gasteiger partial charge is 0.162 e. The molecule has 0 saturated heterocycles. The molecule has 3 heteroatoms. The predicted octanol–water partition coefficient (Wildman–Crippen LogP) is 10.0. The molecule has 2 rings (SSSR count). The van der Waals surface area contributed by atoms with Gasteiger partial charge in [-0.05, 0) is 69.9 Å². The van der Waals surface area contributed by atoms with Crippen molar-refractivity contribution in [1.29, 1.82) is 0 Å². The number of carbonyl (C=O) groups excluding carboxylic acids is 2. The van der Waals surface area contributed by atoms with Gasteiger partial charge in [-0.2, -0.15) is 0 Å². The van der Waals surface area contributed by atoms with Crippen LogP contribution in [0, 0.1) is 16.2 Å². The number of allylic oxidation sites excluding steroid dienone is 19. The van der Waals surface area contributed by atoms with Gasteiger partial charge in [-0.15, -0.1) is 0 Å². The summed E-state index contributed by atoms with van der Waals surface area (Å²) in [6.45, 7) is 20.7. The molecule has 0 aliphatic heterocycles.